The SMILES string of the molecule is CNC(c1ccc(OC(C)C)cc1)C(C)C(C)C. The Balaban J connectivity index is 2.81. The first-order valence-electron chi connectivity index (χ1n) is 6.89. The maximum atomic E-state index is 5.67. The Morgan fingerprint density at radius 3 is 1.89 bits per heavy atom. The zero-order valence-electron chi connectivity index (χ0n) is 12.5. The van der Waals surface area contributed by atoms with Gasteiger partial charge in [0, 0.05) is 6.04 Å². The molecule has 0 saturated heterocycles. The van der Waals surface area contributed by atoms with Gasteiger partial charge < -0.3 is 10.1 Å². The van der Waals surface area contributed by atoms with Crippen molar-refractivity contribution < 1.29 is 4.74 Å². The summed E-state index contributed by atoms with van der Waals surface area (Å²) in [6.45, 7) is 10.9. The minimum atomic E-state index is 0.227. The van der Waals surface area contributed by atoms with Crippen molar-refractivity contribution in [3.8, 4) is 5.75 Å². The largest absolute Gasteiger partial charge is 0.491 e. The highest BCUT2D eigenvalue weighted by molar-refractivity contribution is 5.29. The molecule has 1 aromatic rings. The van der Waals surface area contributed by atoms with Crippen LogP contribution in [0, 0.1) is 11.8 Å². The van der Waals surface area contributed by atoms with Crippen molar-refractivity contribution in [1.82, 2.24) is 5.32 Å². The van der Waals surface area contributed by atoms with E-state index in [0.29, 0.717) is 17.9 Å². The van der Waals surface area contributed by atoms with Crippen molar-refractivity contribution in [2.45, 2.75) is 46.8 Å². The van der Waals surface area contributed by atoms with E-state index in [0.717, 1.165) is 5.75 Å². The molecule has 102 valence electrons. The average Bonchev–Trinajstić information content (AvgIpc) is 2.31. The van der Waals surface area contributed by atoms with E-state index in [1.807, 2.05) is 20.9 Å². The number of benzene rings is 1. The molecule has 0 radical (unpaired) electrons. The molecule has 0 aliphatic heterocycles. The minimum Gasteiger partial charge on any atom is -0.491 e. The molecule has 0 aromatic heterocycles. The average molecular weight is 249 g/mol. The molecule has 1 N–H and O–H groups in total. The first-order valence-corrected chi connectivity index (χ1v) is 6.89. The zero-order chi connectivity index (χ0) is 13.7. The standard InChI is InChI=1S/C16H27NO/c1-11(2)13(5)16(17-6)14-7-9-15(10-8-14)18-12(3)4/h7-13,16-17H,1-6H3. The molecule has 1 rings (SSSR count). The third-order valence-corrected chi connectivity index (χ3v) is 3.50. The Hall–Kier alpha value is -1.02. The lowest BCUT2D eigenvalue weighted by Crippen LogP contribution is -2.26. The number of nitrogens with one attached hydrogen (secondary N) is 1. The van der Waals surface area contributed by atoms with Gasteiger partial charge in [-0.15, -0.1) is 0 Å². The summed E-state index contributed by atoms with van der Waals surface area (Å²) in [6.07, 6.45) is 0.227. The summed E-state index contributed by atoms with van der Waals surface area (Å²) in [6, 6.07) is 8.85. The van der Waals surface area contributed by atoms with E-state index in [1.54, 1.807) is 0 Å². The molecular weight excluding hydrogens is 222 g/mol. The van der Waals surface area contributed by atoms with Crippen LogP contribution < -0.4 is 10.1 Å². The first-order chi connectivity index (χ1) is 8.45. The topological polar surface area (TPSA) is 21.3 Å². The fourth-order valence-corrected chi connectivity index (χ4v) is 2.14. The normalized spacial score (nSPS) is 14.9. The smallest absolute Gasteiger partial charge is 0.119 e. The molecule has 0 heterocycles. The molecule has 2 unspecified atom stereocenters. The maximum absolute atomic E-state index is 5.67. The van der Waals surface area contributed by atoms with Gasteiger partial charge in [0.05, 0.1) is 6.10 Å². The Morgan fingerprint density at radius 2 is 1.50 bits per heavy atom. The molecule has 2 nitrogen and oxygen atoms in total. The van der Waals surface area contributed by atoms with E-state index in [9.17, 15) is 0 Å². The monoisotopic (exact) mass is 249 g/mol. The van der Waals surface area contributed by atoms with Crippen molar-refractivity contribution in [3.05, 3.63) is 29.8 Å². The molecular formula is C16H27NO. The van der Waals surface area contributed by atoms with Crippen LogP contribution in [-0.4, -0.2) is 13.2 Å². The number of hydrogen-bond donors (Lipinski definition) is 1. The molecule has 0 fully saturated rings. The van der Waals surface area contributed by atoms with Gasteiger partial charge in [0.25, 0.3) is 0 Å². The van der Waals surface area contributed by atoms with Crippen molar-refractivity contribution in [1.29, 1.82) is 0 Å². The highest BCUT2D eigenvalue weighted by atomic mass is 16.5. The molecule has 18 heavy (non-hydrogen) atoms. The van der Waals surface area contributed by atoms with Crippen LogP contribution in [0.25, 0.3) is 0 Å². The van der Waals surface area contributed by atoms with Crippen LogP contribution in [0.5, 0.6) is 5.75 Å². The Morgan fingerprint density at radius 1 is 0.944 bits per heavy atom. The van der Waals surface area contributed by atoms with Gasteiger partial charge in [-0.3, -0.25) is 0 Å². The Kier molecular flexibility index (Phi) is 5.67. The predicted octanol–water partition coefficient (Wildman–Crippen LogP) is 4.03. The predicted molar refractivity (Wildman–Crippen MR) is 78.0 cm³/mol. The third kappa shape index (κ3) is 4.02. The first kappa shape index (κ1) is 15.0. The van der Waals surface area contributed by atoms with E-state index < -0.39 is 0 Å². The van der Waals surface area contributed by atoms with Gasteiger partial charge in [0.2, 0.25) is 0 Å². The minimum absolute atomic E-state index is 0.227. The van der Waals surface area contributed by atoms with E-state index in [2.05, 4.69) is 50.4 Å². The van der Waals surface area contributed by atoms with Crippen LogP contribution in [0.1, 0.15) is 46.2 Å². The number of hydrogen-bond acceptors (Lipinski definition) is 2. The van der Waals surface area contributed by atoms with Gasteiger partial charge in [0.1, 0.15) is 5.75 Å². The van der Waals surface area contributed by atoms with E-state index >= 15 is 0 Å². The van der Waals surface area contributed by atoms with Gasteiger partial charge >= 0.3 is 0 Å². The van der Waals surface area contributed by atoms with Gasteiger partial charge in [-0.2, -0.15) is 0 Å². The summed E-state index contributed by atoms with van der Waals surface area (Å²) in [5, 5.41) is 3.42. The second-order valence-electron chi connectivity index (χ2n) is 5.61. The lowest BCUT2D eigenvalue weighted by atomic mass is 9.86. The lowest BCUT2D eigenvalue weighted by Gasteiger charge is -2.27. The summed E-state index contributed by atoms with van der Waals surface area (Å²) in [7, 11) is 2.03. The highest BCUT2D eigenvalue weighted by Gasteiger charge is 2.20. The van der Waals surface area contributed by atoms with Crippen molar-refractivity contribution in [2.24, 2.45) is 11.8 Å². The molecule has 0 amide bonds. The third-order valence-electron chi connectivity index (χ3n) is 3.50. The van der Waals surface area contributed by atoms with Crippen LogP contribution in [0.15, 0.2) is 24.3 Å². The van der Waals surface area contributed by atoms with E-state index in [-0.39, 0.29) is 6.10 Å². The fourth-order valence-electron chi connectivity index (χ4n) is 2.14. The zero-order valence-corrected chi connectivity index (χ0v) is 12.5. The highest BCUT2D eigenvalue weighted by Crippen LogP contribution is 2.28. The Labute approximate surface area is 112 Å². The second-order valence-corrected chi connectivity index (χ2v) is 5.61. The maximum Gasteiger partial charge on any atom is 0.119 e. The number of rotatable bonds is 6. The van der Waals surface area contributed by atoms with Crippen molar-refractivity contribution in [2.75, 3.05) is 7.05 Å². The molecule has 1 aromatic carbocycles. The van der Waals surface area contributed by atoms with Crippen LogP contribution in [0.4, 0.5) is 0 Å². The molecule has 0 aliphatic rings. The molecule has 0 spiro atoms. The Bertz CT molecular complexity index is 343. The van der Waals surface area contributed by atoms with Crippen LogP contribution in [0.2, 0.25) is 0 Å². The van der Waals surface area contributed by atoms with Gasteiger partial charge in [-0.1, -0.05) is 32.9 Å². The van der Waals surface area contributed by atoms with Crippen molar-refractivity contribution in [3.63, 3.8) is 0 Å². The molecule has 2 heteroatoms. The van der Waals surface area contributed by atoms with Gasteiger partial charge in [0.15, 0.2) is 0 Å². The number of ether oxygens (including phenoxy) is 1. The summed E-state index contributed by atoms with van der Waals surface area (Å²) >= 11 is 0. The van der Waals surface area contributed by atoms with Crippen LogP contribution in [0.3, 0.4) is 0 Å². The van der Waals surface area contributed by atoms with Gasteiger partial charge in [-0.05, 0) is 50.4 Å². The summed E-state index contributed by atoms with van der Waals surface area (Å²) in [4.78, 5) is 0. The van der Waals surface area contributed by atoms with E-state index in [1.165, 1.54) is 5.56 Å². The molecule has 0 aliphatic carbocycles. The molecule has 0 bridgehead atoms. The summed E-state index contributed by atoms with van der Waals surface area (Å²) < 4.78 is 5.67. The lowest BCUT2D eigenvalue weighted by molar-refractivity contribution is 0.242. The molecule has 2 atom stereocenters. The molecule has 0 saturated carbocycles. The summed E-state index contributed by atoms with van der Waals surface area (Å²) in [5.74, 6) is 2.21. The second kappa shape index (κ2) is 6.79. The van der Waals surface area contributed by atoms with Crippen LogP contribution >= 0.6 is 0 Å². The fraction of sp³-hybridized carbons (Fsp3) is 0.625. The van der Waals surface area contributed by atoms with Gasteiger partial charge in [-0.25, -0.2) is 0 Å². The van der Waals surface area contributed by atoms with E-state index in [4.69, 9.17) is 4.74 Å². The van der Waals surface area contributed by atoms with Crippen LogP contribution in [-0.2, 0) is 0 Å². The summed E-state index contributed by atoms with van der Waals surface area (Å²) in [5.41, 5.74) is 1.33. The van der Waals surface area contributed by atoms with Crippen molar-refractivity contribution >= 4 is 0 Å². The quantitative estimate of drug-likeness (QED) is 0.822.